The third-order valence-electron chi connectivity index (χ3n) is 5.58. The van der Waals surface area contributed by atoms with E-state index in [9.17, 15) is 24.1 Å². The average Bonchev–Trinajstić information content (AvgIpc) is 3.14. The highest BCUT2D eigenvalue weighted by atomic mass is 35.5. The number of nitrogens with zero attached hydrogens (tertiary/aromatic N) is 2. The van der Waals surface area contributed by atoms with Gasteiger partial charge in [0.2, 0.25) is 0 Å². The molecule has 0 aromatic carbocycles. The van der Waals surface area contributed by atoms with Crippen molar-refractivity contribution in [1.29, 1.82) is 0 Å². The van der Waals surface area contributed by atoms with E-state index in [-0.39, 0.29) is 42.9 Å². The minimum atomic E-state index is -4.13. The molecule has 2 heterocycles. The second-order valence-electron chi connectivity index (χ2n) is 10.3. The number of nitrogens with two attached hydrogens (primary N) is 1. The van der Waals surface area contributed by atoms with Crippen LogP contribution in [0.2, 0.25) is 0 Å². The van der Waals surface area contributed by atoms with E-state index in [2.05, 4.69) is 10.1 Å². The number of hydrogen-bond acceptors (Lipinski definition) is 12. The van der Waals surface area contributed by atoms with Crippen LogP contribution in [0.5, 0.6) is 0 Å². The number of carbonyl (C=O) groups is 2. The predicted octanol–water partition coefficient (Wildman–Crippen LogP) is 2.46. The van der Waals surface area contributed by atoms with Crippen LogP contribution in [0.4, 0.5) is 5.82 Å². The van der Waals surface area contributed by atoms with Gasteiger partial charge in [-0.1, -0.05) is 11.8 Å². The summed E-state index contributed by atoms with van der Waals surface area (Å²) in [5.41, 5.74) is 3.98. The molecule has 2 rings (SSSR count). The highest BCUT2D eigenvalue weighted by Crippen LogP contribution is 2.48. The lowest BCUT2D eigenvalue weighted by atomic mass is 9.97. The fourth-order valence-corrected chi connectivity index (χ4v) is 6.20. The molecule has 1 aromatic rings. The van der Waals surface area contributed by atoms with Gasteiger partial charge in [0.05, 0.1) is 42.3 Å². The Balaban J connectivity index is 2.10. The van der Waals surface area contributed by atoms with Crippen molar-refractivity contribution in [2.75, 3.05) is 31.3 Å². The van der Waals surface area contributed by atoms with Crippen LogP contribution in [0.3, 0.4) is 0 Å². The number of rotatable bonds is 14. The van der Waals surface area contributed by atoms with Crippen LogP contribution < -0.4 is 16.5 Å². The summed E-state index contributed by atoms with van der Waals surface area (Å²) in [6.45, 7) is 8.96. The SMILES string of the molecule is CC(C)OC(=O)[C@@H](C)N[P@](=O)(OCCSC(=O)C(C)(C)CO)OC[C@@H]1C[C@@](C)(Cl)[C@H](n2ccc(N)nc2=O)O1. The zero-order valence-corrected chi connectivity index (χ0v) is 25.4. The van der Waals surface area contributed by atoms with Gasteiger partial charge in [0, 0.05) is 11.9 Å². The van der Waals surface area contributed by atoms with Gasteiger partial charge < -0.3 is 20.3 Å². The Hall–Kier alpha value is -1.51. The summed E-state index contributed by atoms with van der Waals surface area (Å²) in [6.07, 6.45) is -0.342. The van der Waals surface area contributed by atoms with Crippen LogP contribution in [0.1, 0.15) is 54.2 Å². The number of esters is 1. The number of nitrogen functional groups attached to an aromatic ring is 1. The lowest BCUT2D eigenvalue weighted by molar-refractivity contribution is -0.149. The standard InChI is InChI=1S/C23H38ClN4O9PS/c1-14(2)36-18(30)15(3)27-38(33,34-9-10-39-20(31)22(4,5)13-29)35-12-16-11-23(6,24)19(37-16)28-8-7-17(25)26-21(28)32/h7-8,14-16,19,29H,9-13H2,1-6H3,(H,27,33)(H2,25,26,32)/t15-,16+,19-,23-,38+/m1/s1. The fourth-order valence-electron chi connectivity index (χ4n) is 3.45. The molecule has 39 heavy (non-hydrogen) atoms. The van der Waals surface area contributed by atoms with Gasteiger partial charge in [0.25, 0.3) is 0 Å². The molecule has 0 spiro atoms. The van der Waals surface area contributed by atoms with Gasteiger partial charge in [-0.05, 0) is 54.0 Å². The van der Waals surface area contributed by atoms with E-state index in [4.69, 9.17) is 35.9 Å². The van der Waals surface area contributed by atoms with Crippen molar-refractivity contribution in [3.05, 3.63) is 22.7 Å². The van der Waals surface area contributed by atoms with Crippen LogP contribution in [0, 0.1) is 5.41 Å². The number of nitrogens with one attached hydrogen (secondary N) is 1. The number of anilines is 1. The zero-order chi connectivity index (χ0) is 29.6. The number of ether oxygens (including phenoxy) is 2. The smallest absolute Gasteiger partial charge is 0.406 e. The second kappa shape index (κ2) is 13.9. The van der Waals surface area contributed by atoms with Crippen molar-refractivity contribution in [2.24, 2.45) is 5.41 Å². The van der Waals surface area contributed by atoms with E-state index in [0.29, 0.717) is 0 Å². The third kappa shape index (κ3) is 9.82. The Kier molecular flexibility index (Phi) is 12.0. The summed E-state index contributed by atoms with van der Waals surface area (Å²) in [5.74, 6) is -0.483. The molecule has 16 heteroatoms. The Morgan fingerprint density at radius 2 is 2.08 bits per heavy atom. The molecular formula is C23H38ClN4O9PS. The Bertz CT molecular complexity index is 1120. The summed E-state index contributed by atoms with van der Waals surface area (Å²) in [6, 6.07) is 0.395. The largest absolute Gasteiger partial charge is 0.462 e. The van der Waals surface area contributed by atoms with Crippen LogP contribution in [0.15, 0.2) is 17.1 Å². The van der Waals surface area contributed by atoms with Crippen LogP contribution in [-0.4, -0.2) is 74.4 Å². The molecule has 0 bridgehead atoms. The lowest BCUT2D eigenvalue weighted by Crippen LogP contribution is -2.36. The second-order valence-corrected chi connectivity index (χ2v) is 14.0. The van der Waals surface area contributed by atoms with Gasteiger partial charge in [-0.3, -0.25) is 23.2 Å². The summed E-state index contributed by atoms with van der Waals surface area (Å²) in [4.78, 5) is 39.5. The molecule has 1 aromatic heterocycles. The maximum Gasteiger partial charge on any atom is 0.406 e. The number of hydrogen-bond donors (Lipinski definition) is 3. The van der Waals surface area contributed by atoms with E-state index < -0.39 is 54.2 Å². The molecule has 4 N–H and O–H groups in total. The molecule has 1 saturated heterocycles. The Morgan fingerprint density at radius 1 is 1.41 bits per heavy atom. The molecule has 13 nitrogen and oxygen atoms in total. The third-order valence-corrected chi connectivity index (χ3v) is 8.82. The number of thioether (sulfide) groups is 1. The maximum atomic E-state index is 13.6. The summed E-state index contributed by atoms with van der Waals surface area (Å²) in [5, 5.41) is 11.7. The molecule has 0 radical (unpaired) electrons. The van der Waals surface area contributed by atoms with Crippen LogP contribution in [-0.2, 0) is 32.7 Å². The highest BCUT2D eigenvalue weighted by molar-refractivity contribution is 8.13. The van der Waals surface area contributed by atoms with E-state index in [0.717, 1.165) is 11.8 Å². The Morgan fingerprint density at radius 3 is 2.67 bits per heavy atom. The first kappa shape index (κ1) is 33.7. The molecule has 0 amide bonds. The van der Waals surface area contributed by atoms with E-state index in [1.54, 1.807) is 34.6 Å². The van der Waals surface area contributed by atoms with Gasteiger partial charge in [-0.25, -0.2) is 14.4 Å². The van der Waals surface area contributed by atoms with Crippen molar-refractivity contribution in [3.8, 4) is 0 Å². The van der Waals surface area contributed by atoms with Gasteiger partial charge >= 0.3 is 19.4 Å². The maximum absolute atomic E-state index is 13.6. The molecule has 0 unspecified atom stereocenters. The van der Waals surface area contributed by atoms with Crippen molar-refractivity contribution in [3.63, 3.8) is 0 Å². The van der Waals surface area contributed by atoms with Crippen LogP contribution in [0.25, 0.3) is 0 Å². The van der Waals surface area contributed by atoms with Gasteiger partial charge in [0.15, 0.2) is 11.3 Å². The normalized spacial score (nSPS) is 23.9. The molecule has 1 aliphatic heterocycles. The van der Waals surface area contributed by atoms with Gasteiger partial charge in [0.1, 0.15) is 11.9 Å². The summed E-state index contributed by atoms with van der Waals surface area (Å²) < 4.78 is 37.1. The number of alkyl halides is 1. The van der Waals surface area contributed by atoms with E-state index in [1.807, 2.05) is 0 Å². The van der Waals surface area contributed by atoms with Crippen molar-refractivity contribution < 1.29 is 37.8 Å². The number of carbonyl (C=O) groups excluding carboxylic acids is 2. The molecule has 1 fully saturated rings. The predicted molar refractivity (Wildman–Crippen MR) is 147 cm³/mol. The lowest BCUT2D eigenvalue weighted by Gasteiger charge is -2.25. The van der Waals surface area contributed by atoms with E-state index in [1.165, 1.54) is 23.8 Å². The first-order valence-corrected chi connectivity index (χ1v) is 15.2. The summed E-state index contributed by atoms with van der Waals surface area (Å²) >= 11 is 7.57. The minimum absolute atomic E-state index is 0.0551. The van der Waals surface area contributed by atoms with Gasteiger partial charge in [-0.2, -0.15) is 4.98 Å². The first-order valence-electron chi connectivity index (χ1n) is 12.3. The topological polar surface area (TPSA) is 181 Å². The molecule has 0 saturated carbocycles. The number of aliphatic hydroxyl groups excluding tert-OH is 1. The van der Waals surface area contributed by atoms with Crippen LogP contribution >= 0.6 is 31.1 Å². The monoisotopic (exact) mass is 612 g/mol. The first-order chi connectivity index (χ1) is 18.0. The van der Waals surface area contributed by atoms with Gasteiger partial charge in [-0.15, -0.1) is 11.6 Å². The van der Waals surface area contributed by atoms with E-state index >= 15 is 0 Å². The Labute approximate surface area is 237 Å². The molecule has 0 aliphatic carbocycles. The summed E-state index contributed by atoms with van der Waals surface area (Å²) in [7, 11) is -4.13. The minimum Gasteiger partial charge on any atom is -0.462 e. The van der Waals surface area contributed by atoms with Crippen molar-refractivity contribution in [1.82, 2.24) is 14.6 Å². The molecule has 1 aliphatic rings. The number of aromatic nitrogens is 2. The quantitative estimate of drug-likeness (QED) is 0.121. The zero-order valence-electron chi connectivity index (χ0n) is 22.9. The van der Waals surface area contributed by atoms with Crippen molar-refractivity contribution in [2.45, 2.75) is 77.3 Å². The van der Waals surface area contributed by atoms with Crippen molar-refractivity contribution >= 4 is 48.0 Å². The fraction of sp³-hybridized carbons (Fsp3) is 0.739. The average molecular weight is 613 g/mol. The number of halogens is 1. The highest BCUT2D eigenvalue weighted by Gasteiger charge is 2.46. The molecule has 222 valence electrons. The molecular weight excluding hydrogens is 575 g/mol. The number of aliphatic hydroxyl groups is 1. The molecule has 5 atom stereocenters.